The topological polar surface area (TPSA) is 83.8 Å². The second-order valence-corrected chi connectivity index (χ2v) is 8.13. The van der Waals surface area contributed by atoms with Gasteiger partial charge in [-0.25, -0.2) is 0 Å². The predicted octanol–water partition coefficient (Wildman–Crippen LogP) is 5.72. The Morgan fingerprint density at radius 2 is 1.44 bits per heavy atom. The second kappa shape index (κ2) is 10.3. The summed E-state index contributed by atoms with van der Waals surface area (Å²) < 4.78 is 36.7. The van der Waals surface area contributed by atoms with E-state index in [9.17, 15) is 13.5 Å². The Kier molecular flexibility index (Phi) is 8.13. The monoisotopic (exact) mass is 392 g/mol. The van der Waals surface area contributed by atoms with Gasteiger partial charge in [-0.2, -0.15) is 8.42 Å². The lowest BCUT2D eigenvalue weighted by Crippen LogP contribution is -1.97. The van der Waals surface area contributed by atoms with Gasteiger partial charge in [0, 0.05) is 6.07 Å². The summed E-state index contributed by atoms with van der Waals surface area (Å²) in [6.07, 6.45) is 9.44. The van der Waals surface area contributed by atoms with E-state index in [0.717, 1.165) is 18.4 Å². The highest BCUT2D eigenvalue weighted by molar-refractivity contribution is 7.85. The van der Waals surface area contributed by atoms with Gasteiger partial charge in [0.1, 0.15) is 17.2 Å². The molecule has 0 radical (unpaired) electrons. The molecule has 0 aromatic heterocycles. The number of phenols is 1. The quantitative estimate of drug-likeness (QED) is 0.377. The van der Waals surface area contributed by atoms with Crippen molar-refractivity contribution in [3.05, 3.63) is 48.0 Å². The number of aromatic hydroxyl groups is 1. The van der Waals surface area contributed by atoms with Crippen LogP contribution in [0.15, 0.2) is 47.4 Å². The number of aryl methyl sites for hydroxylation is 1. The van der Waals surface area contributed by atoms with Gasteiger partial charge in [-0.05, 0) is 48.7 Å². The van der Waals surface area contributed by atoms with Crippen molar-refractivity contribution < 1.29 is 22.8 Å². The number of hydrogen-bond donors (Lipinski definition) is 2. The number of unbranched alkanes of at least 4 members (excludes halogenated alkanes) is 6. The largest absolute Gasteiger partial charge is 0.508 e. The van der Waals surface area contributed by atoms with Gasteiger partial charge in [-0.1, -0.05) is 51.5 Å². The molecule has 0 aliphatic rings. The van der Waals surface area contributed by atoms with Gasteiger partial charge in [0.2, 0.25) is 0 Å². The van der Waals surface area contributed by atoms with E-state index in [0.29, 0.717) is 11.5 Å². The molecule has 2 rings (SSSR count). The van der Waals surface area contributed by atoms with Gasteiger partial charge in [-0.15, -0.1) is 0 Å². The van der Waals surface area contributed by atoms with Crippen molar-refractivity contribution in [1.82, 2.24) is 0 Å². The fourth-order valence-electron chi connectivity index (χ4n) is 2.91. The molecule has 0 aliphatic carbocycles. The SMILES string of the molecule is CCCCCCCCCc1ccc(Oc2ccc(S(=O)(=O)O)cc2)cc1O. The summed E-state index contributed by atoms with van der Waals surface area (Å²) >= 11 is 0. The highest BCUT2D eigenvalue weighted by atomic mass is 32.2. The van der Waals surface area contributed by atoms with E-state index in [1.165, 1.54) is 62.8 Å². The molecule has 27 heavy (non-hydrogen) atoms. The van der Waals surface area contributed by atoms with Crippen molar-refractivity contribution in [3.8, 4) is 17.2 Å². The molecule has 0 atom stereocenters. The van der Waals surface area contributed by atoms with Crippen LogP contribution in [0.1, 0.15) is 57.4 Å². The molecule has 0 aliphatic heterocycles. The van der Waals surface area contributed by atoms with Gasteiger partial charge in [0.05, 0.1) is 4.90 Å². The average Bonchev–Trinajstić information content (AvgIpc) is 2.62. The highest BCUT2D eigenvalue weighted by Gasteiger charge is 2.09. The first-order chi connectivity index (χ1) is 12.9. The van der Waals surface area contributed by atoms with Crippen molar-refractivity contribution in [3.63, 3.8) is 0 Å². The van der Waals surface area contributed by atoms with E-state index >= 15 is 0 Å². The molecule has 0 amide bonds. The first-order valence-electron chi connectivity index (χ1n) is 9.47. The zero-order chi connectivity index (χ0) is 19.7. The van der Waals surface area contributed by atoms with E-state index in [4.69, 9.17) is 9.29 Å². The molecule has 148 valence electrons. The Hall–Kier alpha value is -2.05. The predicted molar refractivity (Wildman–Crippen MR) is 106 cm³/mol. The summed E-state index contributed by atoms with van der Waals surface area (Å²) in [4.78, 5) is -0.192. The smallest absolute Gasteiger partial charge is 0.294 e. The minimum Gasteiger partial charge on any atom is -0.508 e. The molecule has 5 nitrogen and oxygen atoms in total. The molecule has 2 aromatic carbocycles. The van der Waals surface area contributed by atoms with E-state index in [1.54, 1.807) is 12.1 Å². The maximum atomic E-state index is 11.0. The highest BCUT2D eigenvalue weighted by Crippen LogP contribution is 2.29. The van der Waals surface area contributed by atoms with Crippen LogP contribution < -0.4 is 4.74 Å². The third-order valence-electron chi connectivity index (χ3n) is 4.46. The first-order valence-corrected chi connectivity index (χ1v) is 10.9. The molecule has 0 bridgehead atoms. The Morgan fingerprint density at radius 3 is 2.04 bits per heavy atom. The van der Waals surface area contributed by atoms with Crippen molar-refractivity contribution >= 4 is 10.1 Å². The van der Waals surface area contributed by atoms with Crippen LogP contribution in [0.2, 0.25) is 0 Å². The van der Waals surface area contributed by atoms with E-state index in [2.05, 4.69) is 6.92 Å². The average molecular weight is 393 g/mol. The fraction of sp³-hybridized carbons (Fsp3) is 0.429. The molecule has 0 fully saturated rings. The van der Waals surface area contributed by atoms with Crippen molar-refractivity contribution in [2.24, 2.45) is 0 Å². The minimum atomic E-state index is -4.22. The van der Waals surface area contributed by atoms with Crippen molar-refractivity contribution in [2.75, 3.05) is 0 Å². The van der Waals surface area contributed by atoms with Gasteiger partial charge in [0.25, 0.3) is 10.1 Å². The number of hydrogen-bond acceptors (Lipinski definition) is 4. The Labute approximate surface area is 161 Å². The lowest BCUT2D eigenvalue weighted by molar-refractivity contribution is 0.448. The summed E-state index contributed by atoms with van der Waals surface area (Å²) in [7, 11) is -4.22. The molecule has 2 aromatic rings. The third kappa shape index (κ3) is 7.23. The lowest BCUT2D eigenvalue weighted by atomic mass is 10.0. The maximum absolute atomic E-state index is 11.0. The summed E-state index contributed by atoms with van der Waals surface area (Å²) in [6.45, 7) is 2.21. The number of benzene rings is 2. The molecule has 2 N–H and O–H groups in total. The maximum Gasteiger partial charge on any atom is 0.294 e. The van der Waals surface area contributed by atoms with Crippen LogP contribution in [-0.2, 0) is 16.5 Å². The third-order valence-corrected chi connectivity index (χ3v) is 5.33. The van der Waals surface area contributed by atoms with Gasteiger partial charge in [0.15, 0.2) is 0 Å². The zero-order valence-corrected chi connectivity index (χ0v) is 16.5. The Morgan fingerprint density at radius 1 is 0.852 bits per heavy atom. The number of rotatable bonds is 11. The van der Waals surface area contributed by atoms with Gasteiger partial charge in [-0.3, -0.25) is 4.55 Å². The van der Waals surface area contributed by atoms with Crippen LogP contribution in [0.4, 0.5) is 0 Å². The minimum absolute atomic E-state index is 0.192. The summed E-state index contributed by atoms with van der Waals surface area (Å²) in [5.41, 5.74) is 0.901. The standard InChI is InChI=1S/C21H28O5S/c1-2-3-4-5-6-7-8-9-17-10-11-19(16-21(17)22)26-18-12-14-20(15-13-18)27(23,24)25/h10-16,22H,2-9H2,1H3,(H,23,24,25). The number of phenolic OH excluding ortho intramolecular Hbond substituents is 1. The Bertz CT molecular complexity index is 813. The van der Waals surface area contributed by atoms with Gasteiger partial charge < -0.3 is 9.84 Å². The van der Waals surface area contributed by atoms with E-state index in [1.807, 2.05) is 6.07 Å². The Balaban J connectivity index is 1.85. The molecule has 0 unspecified atom stereocenters. The molecular formula is C21H28O5S. The normalized spacial score (nSPS) is 11.5. The zero-order valence-electron chi connectivity index (χ0n) is 15.7. The molecule has 6 heteroatoms. The van der Waals surface area contributed by atoms with Crippen LogP contribution >= 0.6 is 0 Å². The molecule has 0 heterocycles. The van der Waals surface area contributed by atoms with Crippen molar-refractivity contribution in [1.29, 1.82) is 0 Å². The van der Waals surface area contributed by atoms with Crippen LogP contribution in [0.25, 0.3) is 0 Å². The first kappa shape index (κ1) is 21.3. The summed E-state index contributed by atoms with van der Waals surface area (Å²) in [6, 6.07) is 10.6. The fourth-order valence-corrected chi connectivity index (χ4v) is 3.39. The lowest BCUT2D eigenvalue weighted by Gasteiger charge is -2.09. The van der Waals surface area contributed by atoms with Crippen LogP contribution in [0.3, 0.4) is 0 Å². The van der Waals surface area contributed by atoms with E-state index < -0.39 is 10.1 Å². The van der Waals surface area contributed by atoms with Crippen LogP contribution in [0.5, 0.6) is 17.2 Å². The van der Waals surface area contributed by atoms with Gasteiger partial charge >= 0.3 is 0 Å². The number of ether oxygens (including phenoxy) is 1. The summed E-state index contributed by atoms with van der Waals surface area (Å²) in [5.74, 6) is 1.09. The molecule has 0 saturated heterocycles. The second-order valence-electron chi connectivity index (χ2n) is 6.71. The molecule has 0 spiro atoms. The van der Waals surface area contributed by atoms with Crippen LogP contribution in [0, 0.1) is 0 Å². The summed E-state index contributed by atoms with van der Waals surface area (Å²) in [5, 5.41) is 10.2. The molecular weight excluding hydrogens is 364 g/mol. The van der Waals surface area contributed by atoms with Crippen molar-refractivity contribution in [2.45, 2.75) is 63.2 Å². The van der Waals surface area contributed by atoms with Crippen LogP contribution in [-0.4, -0.2) is 18.1 Å². The molecule has 0 saturated carbocycles. The van der Waals surface area contributed by atoms with E-state index in [-0.39, 0.29) is 10.6 Å².